The molecule has 1 aromatic heterocycles. The first kappa shape index (κ1) is 21.8. The Morgan fingerprint density at radius 1 is 1.30 bits per heavy atom. The molecule has 162 valence electrons. The average Bonchev–Trinajstić information content (AvgIpc) is 2.74. The first-order chi connectivity index (χ1) is 14.4. The van der Waals surface area contributed by atoms with Gasteiger partial charge in [-0.15, -0.1) is 0 Å². The molecule has 0 saturated carbocycles. The highest BCUT2D eigenvalue weighted by molar-refractivity contribution is 5.75. The number of nitrogens with two attached hydrogens (primary N) is 1. The quantitative estimate of drug-likeness (QED) is 0.570. The molecule has 0 radical (unpaired) electrons. The maximum absolute atomic E-state index is 12.4. The van der Waals surface area contributed by atoms with Gasteiger partial charge in [-0.3, -0.25) is 14.5 Å². The number of morpholine rings is 1. The van der Waals surface area contributed by atoms with Gasteiger partial charge in [0.25, 0.3) is 0 Å². The molecule has 9 heteroatoms. The molecule has 1 fully saturated rings. The highest BCUT2D eigenvalue weighted by Crippen LogP contribution is 2.35. The number of carbonyl (C=O) groups is 1. The van der Waals surface area contributed by atoms with E-state index < -0.39 is 23.0 Å². The summed E-state index contributed by atoms with van der Waals surface area (Å²) in [4.78, 5) is 26.2. The zero-order valence-corrected chi connectivity index (χ0v) is 16.8. The summed E-state index contributed by atoms with van der Waals surface area (Å²) in [5, 5.41) is 20.1. The number of methoxy groups -OCH3 is 1. The second kappa shape index (κ2) is 9.75. The van der Waals surface area contributed by atoms with Crippen LogP contribution in [0.1, 0.15) is 35.0 Å². The number of aliphatic hydroxyl groups excluding tert-OH is 1. The molecule has 1 saturated heterocycles. The molecule has 1 unspecified atom stereocenters. The lowest BCUT2D eigenvalue weighted by molar-refractivity contribution is -0.118. The Morgan fingerprint density at radius 3 is 2.67 bits per heavy atom. The van der Waals surface area contributed by atoms with Gasteiger partial charge in [0.05, 0.1) is 39.4 Å². The van der Waals surface area contributed by atoms with Gasteiger partial charge in [0.15, 0.2) is 5.76 Å². The Labute approximate surface area is 173 Å². The minimum atomic E-state index is -0.795. The molecule has 0 bridgehead atoms. The zero-order chi connectivity index (χ0) is 21.7. The van der Waals surface area contributed by atoms with Crippen LogP contribution in [0.3, 0.4) is 0 Å². The minimum Gasteiger partial charge on any atom is -0.502 e. The number of nitrogens with zero attached hydrogens (tertiary/aromatic N) is 1. The maximum atomic E-state index is 12.4. The van der Waals surface area contributed by atoms with Crippen LogP contribution < -0.4 is 15.9 Å². The summed E-state index contributed by atoms with van der Waals surface area (Å²) in [7, 11) is 1.48. The second-order valence-corrected chi connectivity index (χ2v) is 7.13. The molecule has 1 aliphatic heterocycles. The van der Waals surface area contributed by atoms with Gasteiger partial charge in [-0.05, 0) is 17.7 Å². The number of amides is 1. The zero-order valence-electron chi connectivity index (χ0n) is 16.8. The van der Waals surface area contributed by atoms with Gasteiger partial charge >= 0.3 is 0 Å². The summed E-state index contributed by atoms with van der Waals surface area (Å²) in [6.07, 6.45) is -0.186. The number of rotatable bonds is 8. The molecule has 9 nitrogen and oxygen atoms in total. The Morgan fingerprint density at radius 2 is 2.03 bits per heavy atom. The van der Waals surface area contributed by atoms with Crippen LogP contribution in [-0.4, -0.2) is 54.4 Å². The van der Waals surface area contributed by atoms with E-state index in [2.05, 4.69) is 4.90 Å². The van der Waals surface area contributed by atoms with Crippen LogP contribution in [0.25, 0.3) is 0 Å². The van der Waals surface area contributed by atoms with Crippen molar-refractivity contribution in [1.82, 2.24) is 4.90 Å². The van der Waals surface area contributed by atoms with Crippen molar-refractivity contribution in [3.05, 3.63) is 57.1 Å². The van der Waals surface area contributed by atoms with Crippen LogP contribution in [0.4, 0.5) is 0 Å². The SMILES string of the molecule is COc1ccc(C(CC(N)=O)c2oc(CN3CCOCC3)cc(=O)c2O)cc1CO. The van der Waals surface area contributed by atoms with Crippen molar-refractivity contribution in [1.29, 1.82) is 0 Å². The van der Waals surface area contributed by atoms with Gasteiger partial charge in [-0.2, -0.15) is 0 Å². The Hall–Kier alpha value is -2.88. The third-order valence-corrected chi connectivity index (χ3v) is 5.08. The number of primary amides is 1. The lowest BCUT2D eigenvalue weighted by Gasteiger charge is -2.26. The van der Waals surface area contributed by atoms with E-state index in [0.717, 1.165) is 0 Å². The predicted octanol–water partition coefficient (Wildman–Crippen LogP) is 0.686. The van der Waals surface area contributed by atoms with E-state index in [1.165, 1.54) is 13.2 Å². The molecular formula is C21H26N2O7. The van der Waals surface area contributed by atoms with Crippen molar-refractivity contribution in [3.63, 3.8) is 0 Å². The minimum absolute atomic E-state index is 0.0291. The van der Waals surface area contributed by atoms with Crippen molar-refractivity contribution < 1.29 is 28.9 Å². The smallest absolute Gasteiger partial charge is 0.227 e. The lowest BCUT2D eigenvalue weighted by Crippen LogP contribution is -2.35. The average molecular weight is 418 g/mol. The molecule has 1 aromatic carbocycles. The topological polar surface area (TPSA) is 135 Å². The highest BCUT2D eigenvalue weighted by atomic mass is 16.5. The van der Waals surface area contributed by atoms with Crippen LogP contribution >= 0.6 is 0 Å². The van der Waals surface area contributed by atoms with Gasteiger partial charge in [0.1, 0.15) is 11.5 Å². The van der Waals surface area contributed by atoms with E-state index in [1.54, 1.807) is 18.2 Å². The van der Waals surface area contributed by atoms with Crippen LogP contribution in [0.5, 0.6) is 11.5 Å². The van der Waals surface area contributed by atoms with Crippen LogP contribution in [0.15, 0.2) is 33.5 Å². The Balaban J connectivity index is 2.03. The molecule has 30 heavy (non-hydrogen) atoms. The first-order valence-electron chi connectivity index (χ1n) is 9.65. The second-order valence-electron chi connectivity index (χ2n) is 7.13. The summed E-state index contributed by atoms with van der Waals surface area (Å²) in [5.74, 6) is -1.16. The number of hydrogen-bond donors (Lipinski definition) is 3. The largest absolute Gasteiger partial charge is 0.502 e. The molecule has 2 aromatic rings. The number of aromatic hydroxyl groups is 1. The Bertz CT molecular complexity index is 951. The van der Waals surface area contributed by atoms with Gasteiger partial charge in [-0.1, -0.05) is 6.07 Å². The summed E-state index contributed by atoms with van der Waals surface area (Å²) in [6, 6.07) is 6.21. The number of aliphatic hydroxyl groups is 1. The maximum Gasteiger partial charge on any atom is 0.227 e. The molecule has 1 aliphatic rings. The molecule has 3 rings (SSSR count). The number of benzene rings is 1. The summed E-state index contributed by atoms with van der Waals surface area (Å²) >= 11 is 0. The molecule has 0 spiro atoms. The molecule has 4 N–H and O–H groups in total. The van der Waals surface area contributed by atoms with Crippen molar-refractivity contribution >= 4 is 5.91 Å². The Kier molecular flexibility index (Phi) is 7.09. The molecule has 1 amide bonds. The normalized spacial score (nSPS) is 15.7. The third-order valence-electron chi connectivity index (χ3n) is 5.08. The van der Waals surface area contributed by atoms with Crippen LogP contribution in [-0.2, 0) is 22.7 Å². The van der Waals surface area contributed by atoms with Gasteiger partial charge < -0.3 is 29.8 Å². The number of ether oxygens (including phenoxy) is 2. The monoisotopic (exact) mass is 418 g/mol. The fourth-order valence-electron chi connectivity index (χ4n) is 3.55. The van der Waals surface area contributed by atoms with E-state index in [0.29, 0.717) is 55.5 Å². The standard InChI is InChI=1S/C21H26N2O7/c1-28-18-3-2-13(8-14(18)12-24)16(10-19(22)26)21-20(27)17(25)9-15(30-21)11-23-4-6-29-7-5-23/h2-3,8-9,16,24,27H,4-7,10-12H2,1H3,(H2,22,26). The molecular weight excluding hydrogens is 392 g/mol. The summed E-state index contributed by atoms with van der Waals surface area (Å²) < 4.78 is 16.4. The molecule has 0 aliphatic carbocycles. The van der Waals surface area contributed by atoms with Gasteiger partial charge in [0.2, 0.25) is 17.1 Å². The highest BCUT2D eigenvalue weighted by Gasteiger charge is 2.26. The lowest BCUT2D eigenvalue weighted by atomic mass is 9.90. The fraction of sp³-hybridized carbons (Fsp3) is 0.429. The summed E-state index contributed by atoms with van der Waals surface area (Å²) in [5.41, 5.74) is 5.89. The molecule has 2 heterocycles. The number of carbonyl (C=O) groups excluding carboxylic acids is 1. The summed E-state index contributed by atoms with van der Waals surface area (Å²) in [6.45, 7) is 2.67. The fourth-order valence-corrected chi connectivity index (χ4v) is 3.55. The third kappa shape index (κ3) is 4.99. The van der Waals surface area contributed by atoms with Crippen molar-refractivity contribution in [3.8, 4) is 11.5 Å². The van der Waals surface area contributed by atoms with E-state index in [4.69, 9.17) is 19.6 Å². The van der Waals surface area contributed by atoms with Gasteiger partial charge in [0, 0.05) is 31.1 Å². The van der Waals surface area contributed by atoms with Crippen LogP contribution in [0, 0.1) is 0 Å². The van der Waals surface area contributed by atoms with Crippen molar-refractivity contribution in [2.75, 3.05) is 33.4 Å². The predicted molar refractivity (Wildman–Crippen MR) is 107 cm³/mol. The van der Waals surface area contributed by atoms with Gasteiger partial charge in [-0.25, -0.2) is 0 Å². The van der Waals surface area contributed by atoms with E-state index in [9.17, 15) is 19.8 Å². The first-order valence-corrected chi connectivity index (χ1v) is 9.65. The van der Waals surface area contributed by atoms with Crippen molar-refractivity contribution in [2.45, 2.75) is 25.5 Å². The van der Waals surface area contributed by atoms with E-state index in [1.807, 2.05) is 0 Å². The van der Waals surface area contributed by atoms with Crippen LogP contribution in [0.2, 0.25) is 0 Å². The van der Waals surface area contributed by atoms with E-state index in [-0.39, 0.29) is 18.8 Å². The molecule has 1 atom stereocenters. The van der Waals surface area contributed by atoms with Crippen molar-refractivity contribution in [2.24, 2.45) is 5.73 Å². The van der Waals surface area contributed by atoms with E-state index >= 15 is 0 Å². The number of hydrogen-bond acceptors (Lipinski definition) is 8.